The maximum atomic E-state index is 2.38. The topological polar surface area (TPSA) is 3.24 Å². The van der Waals surface area contributed by atoms with Gasteiger partial charge in [-0.1, -0.05) is 176 Å². The van der Waals surface area contributed by atoms with E-state index in [1.807, 2.05) is 0 Å². The van der Waals surface area contributed by atoms with Crippen molar-refractivity contribution in [3.8, 4) is 44.5 Å². The molecule has 0 aromatic heterocycles. The van der Waals surface area contributed by atoms with Crippen LogP contribution in [0.5, 0.6) is 0 Å². The fraction of sp³-hybridized carbons (Fsp3) is 0. The van der Waals surface area contributed by atoms with Gasteiger partial charge in [0.05, 0.1) is 5.69 Å². The molecule has 0 bridgehead atoms. The molecule has 9 rings (SSSR count). The highest BCUT2D eigenvalue weighted by atomic mass is 15.1. The van der Waals surface area contributed by atoms with Gasteiger partial charge < -0.3 is 4.90 Å². The summed E-state index contributed by atoms with van der Waals surface area (Å²) in [5, 5.41) is 5.08. The lowest BCUT2D eigenvalue weighted by Gasteiger charge is -2.28. The summed E-state index contributed by atoms with van der Waals surface area (Å²) in [6, 6.07) is 76.5. The molecule has 0 amide bonds. The van der Waals surface area contributed by atoms with E-state index in [1.165, 1.54) is 66.1 Å². The SMILES string of the molecule is c1ccc(-c2ccc(N(c3ccc(-c4ccccc4-c4cc5ccccc5c5ccccc45)cc3)c3ccccc3-c3ccccc3)cc2)cc1. The van der Waals surface area contributed by atoms with Crippen molar-refractivity contribution in [3.05, 3.63) is 212 Å². The summed E-state index contributed by atoms with van der Waals surface area (Å²) in [6.45, 7) is 0. The van der Waals surface area contributed by atoms with Crippen molar-refractivity contribution in [2.45, 2.75) is 0 Å². The minimum atomic E-state index is 1.10. The van der Waals surface area contributed by atoms with Crippen molar-refractivity contribution in [1.29, 1.82) is 0 Å². The maximum absolute atomic E-state index is 2.38. The van der Waals surface area contributed by atoms with E-state index in [2.05, 4.69) is 217 Å². The second kappa shape index (κ2) is 13.3. The summed E-state index contributed by atoms with van der Waals surface area (Å²) < 4.78 is 0. The molecule has 0 aliphatic carbocycles. The van der Waals surface area contributed by atoms with E-state index in [-0.39, 0.29) is 0 Å². The fourth-order valence-electron chi connectivity index (χ4n) is 7.43. The minimum Gasteiger partial charge on any atom is -0.310 e. The summed E-state index contributed by atoms with van der Waals surface area (Å²) in [5.74, 6) is 0. The maximum Gasteiger partial charge on any atom is 0.0540 e. The number of fused-ring (bicyclic) bond motifs is 3. The average Bonchev–Trinajstić information content (AvgIpc) is 3.22. The van der Waals surface area contributed by atoms with Crippen LogP contribution in [0.15, 0.2) is 212 Å². The zero-order valence-electron chi connectivity index (χ0n) is 28.2. The molecule has 0 saturated carbocycles. The van der Waals surface area contributed by atoms with Crippen LogP contribution in [0.4, 0.5) is 17.1 Å². The van der Waals surface area contributed by atoms with Gasteiger partial charge in [0.25, 0.3) is 0 Å². The van der Waals surface area contributed by atoms with E-state index in [0.29, 0.717) is 0 Å². The molecule has 0 unspecified atom stereocenters. The molecule has 0 atom stereocenters. The van der Waals surface area contributed by atoms with Crippen LogP contribution in [0, 0.1) is 0 Å². The third kappa shape index (κ3) is 5.75. The smallest absolute Gasteiger partial charge is 0.0540 e. The molecule has 1 nitrogen and oxygen atoms in total. The van der Waals surface area contributed by atoms with E-state index >= 15 is 0 Å². The number of para-hydroxylation sites is 1. The average molecular weight is 650 g/mol. The van der Waals surface area contributed by atoms with Crippen molar-refractivity contribution in [3.63, 3.8) is 0 Å². The molecule has 0 aliphatic rings. The van der Waals surface area contributed by atoms with Crippen LogP contribution >= 0.6 is 0 Å². The molecule has 0 heterocycles. The van der Waals surface area contributed by atoms with Crippen molar-refractivity contribution in [2.75, 3.05) is 4.90 Å². The fourth-order valence-corrected chi connectivity index (χ4v) is 7.43. The van der Waals surface area contributed by atoms with E-state index in [9.17, 15) is 0 Å². The van der Waals surface area contributed by atoms with Crippen LogP contribution in [0.1, 0.15) is 0 Å². The van der Waals surface area contributed by atoms with Crippen molar-refractivity contribution >= 4 is 38.6 Å². The Labute approximate surface area is 299 Å². The third-order valence-corrected chi connectivity index (χ3v) is 9.88. The van der Waals surface area contributed by atoms with E-state index in [1.54, 1.807) is 0 Å². The van der Waals surface area contributed by atoms with Crippen molar-refractivity contribution in [2.24, 2.45) is 0 Å². The molecule has 0 fully saturated rings. The molecular formula is C50H35N. The van der Waals surface area contributed by atoms with Crippen molar-refractivity contribution in [1.82, 2.24) is 0 Å². The molecule has 1 heteroatoms. The Hall–Kier alpha value is -6.70. The first-order valence-corrected chi connectivity index (χ1v) is 17.5. The van der Waals surface area contributed by atoms with Gasteiger partial charge in [-0.2, -0.15) is 0 Å². The van der Waals surface area contributed by atoms with Crippen LogP contribution in [0.3, 0.4) is 0 Å². The predicted octanol–water partition coefficient (Wildman–Crippen LogP) is 14.1. The van der Waals surface area contributed by atoms with Gasteiger partial charge in [0.1, 0.15) is 0 Å². The van der Waals surface area contributed by atoms with Gasteiger partial charge in [-0.05, 0) is 96.9 Å². The molecule has 9 aromatic carbocycles. The molecule has 0 radical (unpaired) electrons. The number of hydrogen-bond donors (Lipinski definition) is 0. The molecule has 0 N–H and O–H groups in total. The summed E-state index contributed by atoms with van der Waals surface area (Å²) in [7, 11) is 0. The van der Waals surface area contributed by atoms with Gasteiger partial charge in [-0.15, -0.1) is 0 Å². The van der Waals surface area contributed by atoms with Gasteiger partial charge in [0, 0.05) is 16.9 Å². The Morgan fingerprint density at radius 1 is 0.255 bits per heavy atom. The standard InChI is InChI=1S/C50H35N/c1-3-15-36(16-4-1)37-27-31-41(32-28-37)51(50-26-14-13-22-45(50)38-17-5-2-6-18-38)42-33-29-39(30-34-42)43-20-9-10-24-47(43)49-35-40-19-7-8-21-44(40)46-23-11-12-25-48(46)49/h1-35H. The Kier molecular flexibility index (Phi) is 7.92. The van der Waals surface area contributed by atoms with Crippen LogP contribution in [-0.2, 0) is 0 Å². The molecule has 240 valence electrons. The first-order valence-electron chi connectivity index (χ1n) is 17.5. The van der Waals surface area contributed by atoms with Crippen LogP contribution in [0.25, 0.3) is 66.1 Å². The third-order valence-electron chi connectivity index (χ3n) is 9.88. The highest BCUT2D eigenvalue weighted by Crippen LogP contribution is 2.43. The Balaban J connectivity index is 1.17. The Morgan fingerprint density at radius 2 is 0.706 bits per heavy atom. The number of nitrogens with zero attached hydrogens (tertiary/aromatic N) is 1. The quantitative estimate of drug-likeness (QED) is 0.155. The molecule has 9 aromatic rings. The Bertz CT molecular complexity index is 2600. The predicted molar refractivity (Wildman–Crippen MR) is 218 cm³/mol. The summed E-state index contributed by atoms with van der Waals surface area (Å²) in [6.07, 6.45) is 0. The lowest BCUT2D eigenvalue weighted by molar-refractivity contribution is 1.28. The summed E-state index contributed by atoms with van der Waals surface area (Å²) in [4.78, 5) is 2.38. The van der Waals surface area contributed by atoms with Crippen LogP contribution < -0.4 is 4.90 Å². The van der Waals surface area contributed by atoms with E-state index in [4.69, 9.17) is 0 Å². The van der Waals surface area contributed by atoms with E-state index in [0.717, 1.165) is 17.1 Å². The van der Waals surface area contributed by atoms with Crippen LogP contribution in [-0.4, -0.2) is 0 Å². The minimum absolute atomic E-state index is 1.10. The highest BCUT2D eigenvalue weighted by Gasteiger charge is 2.18. The zero-order valence-corrected chi connectivity index (χ0v) is 28.2. The van der Waals surface area contributed by atoms with Gasteiger partial charge >= 0.3 is 0 Å². The number of rotatable bonds is 7. The van der Waals surface area contributed by atoms with Gasteiger partial charge in [0.2, 0.25) is 0 Å². The molecular weight excluding hydrogens is 615 g/mol. The van der Waals surface area contributed by atoms with Gasteiger partial charge in [-0.3, -0.25) is 0 Å². The van der Waals surface area contributed by atoms with Crippen molar-refractivity contribution < 1.29 is 0 Å². The summed E-state index contributed by atoms with van der Waals surface area (Å²) >= 11 is 0. The normalized spacial score (nSPS) is 11.1. The number of benzene rings is 9. The number of anilines is 3. The lowest BCUT2D eigenvalue weighted by atomic mass is 9.89. The van der Waals surface area contributed by atoms with E-state index < -0.39 is 0 Å². The second-order valence-electron chi connectivity index (χ2n) is 12.9. The van der Waals surface area contributed by atoms with Gasteiger partial charge in [0.15, 0.2) is 0 Å². The Morgan fingerprint density at radius 3 is 1.39 bits per heavy atom. The first kappa shape index (κ1) is 30.4. The lowest BCUT2D eigenvalue weighted by Crippen LogP contribution is -2.11. The molecule has 0 saturated heterocycles. The monoisotopic (exact) mass is 649 g/mol. The zero-order chi connectivity index (χ0) is 34.0. The van der Waals surface area contributed by atoms with Crippen LogP contribution in [0.2, 0.25) is 0 Å². The molecule has 51 heavy (non-hydrogen) atoms. The first-order chi connectivity index (χ1) is 25.3. The second-order valence-corrected chi connectivity index (χ2v) is 12.9. The summed E-state index contributed by atoms with van der Waals surface area (Å²) in [5.41, 5.74) is 13.0. The molecule has 0 aliphatic heterocycles. The largest absolute Gasteiger partial charge is 0.310 e. The highest BCUT2D eigenvalue weighted by molar-refractivity contribution is 6.14. The molecule has 0 spiro atoms. The van der Waals surface area contributed by atoms with Gasteiger partial charge in [-0.25, -0.2) is 0 Å². The number of hydrogen-bond acceptors (Lipinski definition) is 1.